The molecule has 3 N–H and O–H groups in total. The molecule has 0 aliphatic heterocycles. The van der Waals surface area contributed by atoms with Gasteiger partial charge >= 0.3 is 0 Å². The minimum atomic E-state index is -3.12. The van der Waals surface area contributed by atoms with Gasteiger partial charge in [-0.1, -0.05) is 0 Å². The van der Waals surface area contributed by atoms with Crippen molar-refractivity contribution in [1.82, 2.24) is 20.0 Å². The van der Waals surface area contributed by atoms with E-state index in [1.807, 2.05) is 0 Å². The average molecular weight is 300 g/mol. The van der Waals surface area contributed by atoms with Crippen LogP contribution in [0.15, 0.2) is 12.4 Å². The quantitative estimate of drug-likeness (QED) is 0.527. The van der Waals surface area contributed by atoms with Gasteiger partial charge in [-0.05, 0) is 38.6 Å². The molecule has 20 heavy (non-hydrogen) atoms. The molecule has 1 aromatic rings. The summed E-state index contributed by atoms with van der Waals surface area (Å²) in [6.45, 7) is 1.40. The smallest absolute Gasteiger partial charge is 0.211 e. The lowest BCUT2D eigenvalue weighted by atomic mass is 10.3. The van der Waals surface area contributed by atoms with Crippen LogP contribution in [-0.4, -0.2) is 43.3 Å². The first-order chi connectivity index (χ1) is 9.66. The van der Waals surface area contributed by atoms with E-state index >= 15 is 0 Å². The number of imidazole rings is 1. The van der Waals surface area contributed by atoms with Crippen molar-refractivity contribution in [3.8, 4) is 0 Å². The number of aryl methyl sites for hydroxylation is 1. The molecule has 0 aromatic carbocycles. The maximum absolute atomic E-state index is 11.7. The number of aromatic amines is 1. The molecule has 6 nitrogen and oxygen atoms in total. The molecule has 0 amide bonds. The SMILES string of the molecule is O=S(=O)(CCCCNC1CC1)NCCCc1ncc[nH]1. The highest BCUT2D eigenvalue weighted by Crippen LogP contribution is 2.18. The molecule has 0 unspecified atom stereocenters. The molecule has 7 heteroatoms. The molecule has 0 spiro atoms. The Morgan fingerprint density at radius 1 is 1.25 bits per heavy atom. The van der Waals surface area contributed by atoms with Crippen LogP contribution in [0.5, 0.6) is 0 Å². The van der Waals surface area contributed by atoms with E-state index in [0.29, 0.717) is 19.0 Å². The van der Waals surface area contributed by atoms with Crippen LogP contribution in [0, 0.1) is 0 Å². The fraction of sp³-hybridized carbons (Fsp3) is 0.769. The monoisotopic (exact) mass is 300 g/mol. The largest absolute Gasteiger partial charge is 0.349 e. The zero-order valence-corrected chi connectivity index (χ0v) is 12.6. The van der Waals surface area contributed by atoms with Gasteiger partial charge in [0, 0.05) is 31.4 Å². The summed E-state index contributed by atoms with van der Waals surface area (Å²) in [7, 11) is -3.12. The number of H-pyrrole nitrogens is 1. The molecule has 114 valence electrons. The summed E-state index contributed by atoms with van der Waals surface area (Å²) >= 11 is 0. The van der Waals surface area contributed by atoms with E-state index in [1.165, 1.54) is 12.8 Å². The second-order valence-electron chi connectivity index (χ2n) is 5.29. The predicted octanol–water partition coefficient (Wildman–Crippen LogP) is 0.794. The van der Waals surface area contributed by atoms with Gasteiger partial charge in [0.05, 0.1) is 5.75 Å². The summed E-state index contributed by atoms with van der Waals surface area (Å²) in [4.78, 5) is 7.10. The Labute approximate surface area is 120 Å². The number of hydrogen-bond donors (Lipinski definition) is 3. The zero-order valence-electron chi connectivity index (χ0n) is 11.8. The Hall–Kier alpha value is -0.920. The molecule has 0 saturated heterocycles. The summed E-state index contributed by atoms with van der Waals surface area (Å²) in [6.07, 6.45) is 9.18. The second kappa shape index (κ2) is 7.75. The van der Waals surface area contributed by atoms with Gasteiger partial charge in [0.15, 0.2) is 0 Å². The predicted molar refractivity (Wildman–Crippen MR) is 79.0 cm³/mol. The molecule has 1 aliphatic rings. The van der Waals surface area contributed by atoms with E-state index in [0.717, 1.165) is 31.6 Å². The molecule has 1 fully saturated rings. The number of sulfonamides is 1. The Morgan fingerprint density at radius 3 is 2.80 bits per heavy atom. The highest BCUT2D eigenvalue weighted by Gasteiger charge is 2.19. The summed E-state index contributed by atoms with van der Waals surface area (Å²) in [5.74, 6) is 1.12. The molecular formula is C13H24N4O2S. The lowest BCUT2D eigenvalue weighted by Gasteiger charge is -2.06. The van der Waals surface area contributed by atoms with E-state index in [-0.39, 0.29) is 5.75 Å². The average Bonchev–Trinajstić information content (AvgIpc) is 3.09. The van der Waals surface area contributed by atoms with Gasteiger partial charge in [0.2, 0.25) is 10.0 Å². The van der Waals surface area contributed by atoms with Crippen LogP contribution in [-0.2, 0) is 16.4 Å². The maximum atomic E-state index is 11.7. The normalized spacial score (nSPS) is 15.6. The number of nitrogens with one attached hydrogen (secondary N) is 3. The Balaban J connectivity index is 1.49. The van der Waals surface area contributed by atoms with Crippen LogP contribution < -0.4 is 10.0 Å². The molecule has 1 aromatic heterocycles. The van der Waals surface area contributed by atoms with Crippen molar-refractivity contribution in [3.63, 3.8) is 0 Å². The summed E-state index contributed by atoms with van der Waals surface area (Å²) < 4.78 is 26.1. The van der Waals surface area contributed by atoms with Gasteiger partial charge in [-0.3, -0.25) is 0 Å². The van der Waals surface area contributed by atoms with Crippen molar-refractivity contribution >= 4 is 10.0 Å². The van der Waals surface area contributed by atoms with E-state index in [4.69, 9.17) is 0 Å². The second-order valence-corrected chi connectivity index (χ2v) is 7.21. The van der Waals surface area contributed by atoms with Crippen LogP contribution in [0.1, 0.15) is 37.9 Å². The fourth-order valence-electron chi connectivity index (χ4n) is 2.00. The van der Waals surface area contributed by atoms with Crippen LogP contribution >= 0.6 is 0 Å². The number of unbranched alkanes of at least 4 members (excludes halogenated alkanes) is 1. The van der Waals surface area contributed by atoms with Crippen molar-refractivity contribution in [3.05, 3.63) is 18.2 Å². The highest BCUT2D eigenvalue weighted by molar-refractivity contribution is 7.89. The van der Waals surface area contributed by atoms with Gasteiger partial charge < -0.3 is 10.3 Å². The number of rotatable bonds is 11. The van der Waals surface area contributed by atoms with Crippen LogP contribution in [0.2, 0.25) is 0 Å². The van der Waals surface area contributed by atoms with Crippen molar-refractivity contribution in [2.75, 3.05) is 18.8 Å². The molecule has 1 aliphatic carbocycles. The number of aromatic nitrogens is 2. The van der Waals surface area contributed by atoms with Gasteiger partial charge in [-0.25, -0.2) is 18.1 Å². The fourth-order valence-corrected chi connectivity index (χ4v) is 3.18. The first kappa shape index (κ1) is 15.5. The third-order valence-electron chi connectivity index (χ3n) is 3.32. The van der Waals surface area contributed by atoms with Gasteiger partial charge in [0.1, 0.15) is 5.82 Å². The summed E-state index contributed by atoms with van der Waals surface area (Å²) in [5.41, 5.74) is 0. The Morgan fingerprint density at radius 2 is 2.10 bits per heavy atom. The van der Waals surface area contributed by atoms with Crippen molar-refractivity contribution in [2.45, 2.75) is 44.6 Å². The van der Waals surface area contributed by atoms with E-state index in [2.05, 4.69) is 20.0 Å². The van der Waals surface area contributed by atoms with Crippen molar-refractivity contribution in [2.24, 2.45) is 0 Å². The number of hydrogen-bond acceptors (Lipinski definition) is 4. The molecule has 2 rings (SSSR count). The lowest BCUT2D eigenvalue weighted by Crippen LogP contribution is -2.28. The minimum absolute atomic E-state index is 0.222. The van der Waals surface area contributed by atoms with Crippen LogP contribution in [0.3, 0.4) is 0 Å². The molecule has 1 heterocycles. The maximum Gasteiger partial charge on any atom is 0.211 e. The van der Waals surface area contributed by atoms with Crippen LogP contribution in [0.4, 0.5) is 0 Å². The standard InChI is InChI=1S/C13H24N4O2S/c18-20(19,11-2-1-7-14-12-5-6-12)17-8-3-4-13-15-9-10-16-13/h9-10,12,14,17H,1-8,11H2,(H,15,16). The van der Waals surface area contributed by atoms with Crippen molar-refractivity contribution in [1.29, 1.82) is 0 Å². The summed E-state index contributed by atoms with van der Waals surface area (Å²) in [5, 5.41) is 3.39. The van der Waals surface area contributed by atoms with Crippen LogP contribution in [0.25, 0.3) is 0 Å². The molecular weight excluding hydrogens is 276 g/mol. The summed E-state index contributed by atoms with van der Waals surface area (Å²) in [6, 6.07) is 0.700. The molecule has 0 bridgehead atoms. The third kappa shape index (κ3) is 6.49. The lowest BCUT2D eigenvalue weighted by molar-refractivity contribution is 0.570. The van der Waals surface area contributed by atoms with E-state index in [1.54, 1.807) is 12.4 Å². The molecule has 0 atom stereocenters. The first-order valence-corrected chi connectivity index (χ1v) is 9.00. The molecule has 0 radical (unpaired) electrons. The van der Waals surface area contributed by atoms with E-state index in [9.17, 15) is 8.42 Å². The zero-order chi connectivity index (χ0) is 14.3. The molecule has 1 saturated carbocycles. The topological polar surface area (TPSA) is 86.9 Å². The van der Waals surface area contributed by atoms with E-state index < -0.39 is 10.0 Å². The Kier molecular flexibility index (Phi) is 6.00. The Bertz CT molecular complexity index is 469. The minimum Gasteiger partial charge on any atom is -0.349 e. The highest BCUT2D eigenvalue weighted by atomic mass is 32.2. The third-order valence-corrected chi connectivity index (χ3v) is 4.79. The number of nitrogens with zero attached hydrogens (tertiary/aromatic N) is 1. The van der Waals surface area contributed by atoms with Gasteiger partial charge in [-0.2, -0.15) is 0 Å². The van der Waals surface area contributed by atoms with Crippen molar-refractivity contribution < 1.29 is 8.42 Å². The first-order valence-electron chi connectivity index (χ1n) is 7.35. The van der Waals surface area contributed by atoms with Gasteiger partial charge in [-0.15, -0.1) is 0 Å². The van der Waals surface area contributed by atoms with Gasteiger partial charge in [0.25, 0.3) is 0 Å².